The van der Waals surface area contributed by atoms with Crippen LogP contribution in [0.25, 0.3) is 0 Å². The van der Waals surface area contributed by atoms with E-state index in [1.807, 2.05) is 18.2 Å². The van der Waals surface area contributed by atoms with Gasteiger partial charge in [0.25, 0.3) is 0 Å². The lowest BCUT2D eigenvalue weighted by molar-refractivity contribution is -0.118. The van der Waals surface area contributed by atoms with Gasteiger partial charge < -0.3 is 15.4 Å². The van der Waals surface area contributed by atoms with Gasteiger partial charge in [0.15, 0.2) is 0 Å². The summed E-state index contributed by atoms with van der Waals surface area (Å²) in [5, 5.41) is 0.644. The molecule has 1 aromatic rings. The zero-order valence-electron chi connectivity index (χ0n) is 12.9. The summed E-state index contributed by atoms with van der Waals surface area (Å²) < 4.78 is 5.37. The van der Waals surface area contributed by atoms with Crippen molar-refractivity contribution in [3.63, 3.8) is 0 Å². The van der Waals surface area contributed by atoms with Gasteiger partial charge in [-0.05, 0) is 44.0 Å². The molecule has 0 bridgehead atoms. The summed E-state index contributed by atoms with van der Waals surface area (Å²) in [5.74, 6) is 0.524. The van der Waals surface area contributed by atoms with E-state index in [2.05, 4.69) is 11.8 Å². The van der Waals surface area contributed by atoms with Gasteiger partial charge in [0, 0.05) is 13.0 Å². The highest BCUT2D eigenvalue weighted by Gasteiger charge is 2.10. The van der Waals surface area contributed by atoms with E-state index in [0.717, 1.165) is 50.2 Å². The molecule has 0 atom stereocenters. The fourth-order valence-corrected chi connectivity index (χ4v) is 2.66. The molecule has 2 N–H and O–H groups in total. The van der Waals surface area contributed by atoms with Crippen LogP contribution in [0.15, 0.2) is 18.2 Å². The van der Waals surface area contributed by atoms with Crippen LogP contribution in [0.1, 0.15) is 31.7 Å². The summed E-state index contributed by atoms with van der Waals surface area (Å²) in [6.07, 6.45) is 3.21. The third-order valence-corrected chi connectivity index (χ3v) is 3.69. The normalized spacial score (nSPS) is 10.9. The molecular weight excluding hydrogens is 288 g/mol. The molecule has 1 aromatic carbocycles. The summed E-state index contributed by atoms with van der Waals surface area (Å²) in [5.41, 5.74) is 6.30. The van der Waals surface area contributed by atoms with Crippen molar-refractivity contribution >= 4 is 17.5 Å². The van der Waals surface area contributed by atoms with Crippen LogP contribution in [0.5, 0.6) is 5.75 Å². The van der Waals surface area contributed by atoms with Gasteiger partial charge in [0.05, 0.1) is 12.1 Å². The SMILES string of the molecule is CCCN(CCCC(N)=O)CCc1cccc(Cl)c1OC. The van der Waals surface area contributed by atoms with Crippen molar-refractivity contribution in [1.82, 2.24) is 4.90 Å². The van der Waals surface area contributed by atoms with Crippen LogP contribution in [0.4, 0.5) is 0 Å². The predicted molar refractivity (Wildman–Crippen MR) is 86.9 cm³/mol. The minimum atomic E-state index is -0.233. The Balaban J connectivity index is 2.56. The number of benzene rings is 1. The first-order chi connectivity index (χ1) is 10.1. The molecule has 0 heterocycles. The van der Waals surface area contributed by atoms with Gasteiger partial charge in [0.1, 0.15) is 5.75 Å². The highest BCUT2D eigenvalue weighted by atomic mass is 35.5. The smallest absolute Gasteiger partial charge is 0.217 e. The molecule has 4 nitrogen and oxygen atoms in total. The second kappa shape index (κ2) is 9.64. The number of primary amides is 1. The summed E-state index contributed by atoms with van der Waals surface area (Å²) in [7, 11) is 1.64. The van der Waals surface area contributed by atoms with E-state index in [4.69, 9.17) is 22.1 Å². The van der Waals surface area contributed by atoms with Crippen LogP contribution >= 0.6 is 11.6 Å². The predicted octanol–water partition coefficient (Wildman–Crippen LogP) is 2.87. The van der Waals surface area contributed by atoms with Crippen molar-refractivity contribution in [2.75, 3.05) is 26.7 Å². The Kier molecular flexibility index (Phi) is 8.16. The zero-order valence-corrected chi connectivity index (χ0v) is 13.7. The Labute approximate surface area is 132 Å². The van der Waals surface area contributed by atoms with Gasteiger partial charge >= 0.3 is 0 Å². The largest absolute Gasteiger partial charge is 0.495 e. The topological polar surface area (TPSA) is 55.6 Å². The maximum atomic E-state index is 10.8. The average Bonchev–Trinajstić information content (AvgIpc) is 2.44. The summed E-state index contributed by atoms with van der Waals surface area (Å²) in [6.45, 7) is 4.98. The molecule has 1 rings (SSSR count). The fourth-order valence-electron chi connectivity index (χ4n) is 2.39. The number of hydrogen-bond donors (Lipinski definition) is 1. The molecule has 0 aliphatic rings. The molecule has 118 valence electrons. The highest BCUT2D eigenvalue weighted by molar-refractivity contribution is 6.32. The van der Waals surface area contributed by atoms with Crippen LogP contribution in [-0.4, -0.2) is 37.6 Å². The number of amides is 1. The number of methoxy groups -OCH3 is 1. The van der Waals surface area contributed by atoms with Gasteiger partial charge in [-0.25, -0.2) is 0 Å². The Morgan fingerprint density at radius 2 is 2.10 bits per heavy atom. The van der Waals surface area contributed by atoms with Crippen molar-refractivity contribution in [2.45, 2.75) is 32.6 Å². The third-order valence-electron chi connectivity index (χ3n) is 3.39. The lowest BCUT2D eigenvalue weighted by Gasteiger charge is -2.22. The van der Waals surface area contributed by atoms with E-state index in [-0.39, 0.29) is 5.91 Å². The first-order valence-corrected chi connectivity index (χ1v) is 7.78. The highest BCUT2D eigenvalue weighted by Crippen LogP contribution is 2.28. The maximum absolute atomic E-state index is 10.8. The van der Waals surface area contributed by atoms with Gasteiger partial charge in [-0.3, -0.25) is 4.79 Å². The first kappa shape index (κ1) is 17.8. The number of ether oxygens (including phenoxy) is 1. The van der Waals surface area contributed by atoms with Crippen molar-refractivity contribution in [1.29, 1.82) is 0 Å². The maximum Gasteiger partial charge on any atom is 0.217 e. The van der Waals surface area contributed by atoms with Crippen LogP contribution in [-0.2, 0) is 11.2 Å². The summed E-state index contributed by atoms with van der Waals surface area (Å²) in [4.78, 5) is 13.2. The first-order valence-electron chi connectivity index (χ1n) is 7.40. The Bertz CT molecular complexity index is 452. The molecule has 0 aliphatic heterocycles. The van der Waals surface area contributed by atoms with E-state index in [9.17, 15) is 4.79 Å². The van der Waals surface area contributed by atoms with E-state index >= 15 is 0 Å². The molecule has 5 heteroatoms. The number of hydrogen-bond acceptors (Lipinski definition) is 3. The Hall–Kier alpha value is -1.26. The number of halogens is 1. The van der Waals surface area contributed by atoms with Crippen molar-refractivity contribution in [2.24, 2.45) is 5.73 Å². The monoisotopic (exact) mass is 312 g/mol. The van der Waals surface area contributed by atoms with Crippen LogP contribution < -0.4 is 10.5 Å². The molecular formula is C16H25ClN2O2. The molecule has 0 spiro atoms. The number of carbonyl (C=O) groups is 1. The third kappa shape index (κ3) is 6.36. The van der Waals surface area contributed by atoms with Crippen LogP contribution in [0, 0.1) is 0 Å². The van der Waals surface area contributed by atoms with Gasteiger partial charge in [0.2, 0.25) is 5.91 Å². The number of carbonyl (C=O) groups excluding carboxylic acids is 1. The average molecular weight is 313 g/mol. The minimum absolute atomic E-state index is 0.233. The molecule has 0 fully saturated rings. The number of rotatable bonds is 10. The fraction of sp³-hybridized carbons (Fsp3) is 0.562. The molecule has 0 saturated heterocycles. The van der Waals surface area contributed by atoms with Crippen LogP contribution in [0.2, 0.25) is 5.02 Å². The van der Waals surface area contributed by atoms with Gasteiger partial charge in [-0.15, -0.1) is 0 Å². The molecule has 1 amide bonds. The van der Waals surface area contributed by atoms with Crippen LogP contribution in [0.3, 0.4) is 0 Å². The van der Waals surface area contributed by atoms with E-state index in [1.54, 1.807) is 7.11 Å². The van der Waals surface area contributed by atoms with Crippen molar-refractivity contribution in [3.8, 4) is 5.75 Å². The van der Waals surface area contributed by atoms with E-state index in [0.29, 0.717) is 11.4 Å². The van der Waals surface area contributed by atoms with Gasteiger partial charge in [-0.2, -0.15) is 0 Å². The lowest BCUT2D eigenvalue weighted by Crippen LogP contribution is -2.29. The molecule has 0 radical (unpaired) electrons. The number of nitrogens with zero attached hydrogens (tertiary/aromatic N) is 1. The molecule has 0 unspecified atom stereocenters. The molecule has 0 saturated carbocycles. The van der Waals surface area contributed by atoms with Gasteiger partial charge in [-0.1, -0.05) is 30.7 Å². The van der Waals surface area contributed by atoms with Crippen molar-refractivity contribution < 1.29 is 9.53 Å². The lowest BCUT2D eigenvalue weighted by atomic mass is 10.1. The summed E-state index contributed by atoms with van der Waals surface area (Å²) >= 11 is 6.13. The minimum Gasteiger partial charge on any atom is -0.495 e. The quantitative estimate of drug-likeness (QED) is 0.723. The number of nitrogens with two attached hydrogens (primary N) is 1. The molecule has 0 aliphatic carbocycles. The van der Waals surface area contributed by atoms with E-state index in [1.165, 1.54) is 0 Å². The Morgan fingerprint density at radius 3 is 2.71 bits per heavy atom. The molecule has 0 aromatic heterocycles. The standard InChI is InChI=1S/C16H25ClN2O2/c1-3-10-19(11-5-8-15(18)20)12-9-13-6-4-7-14(17)16(13)21-2/h4,6-7H,3,5,8-12H2,1-2H3,(H2,18,20). The molecule has 21 heavy (non-hydrogen) atoms. The zero-order chi connectivity index (χ0) is 15.7. The summed E-state index contributed by atoms with van der Waals surface area (Å²) in [6, 6.07) is 5.82. The Morgan fingerprint density at radius 1 is 1.33 bits per heavy atom. The van der Waals surface area contributed by atoms with Crippen molar-refractivity contribution in [3.05, 3.63) is 28.8 Å². The second-order valence-electron chi connectivity index (χ2n) is 5.09. The number of para-hydroxylation sites is 1. The second-order valence-corrected chi connectivity index (χ2v) is 5.50. The van der Waals surface area contributed by atoms with E-state index < -0.39 is 0 Å².